The summed E-state index contributed by atoms with van der Waals surface area (Å²) in [6, 6.07) is 13.7. The maximum Gasteiger partial charge on any atom is 0.164 e. The molecule has 2 aromatic rings. The molecule has 1 atom stereocenters. The first-order valence-electron chi connectivity index (χ1n) is 9.70. The molecule has 160 valence electrons. The van der Waals surface area contributed by atoms with E-state index in [1.54, 1.807) is 14.2 Å². The number of hydrogen-bond acceptors (Lipinski definition) is 5. The molecule has 1 saturated heterocycles. The summed E-state index contributed by atoms with van der Waals surface area (Å²) in [7, 11) is 3.22. The highest BCUT2D eigenvalue weighted by Crippen LogP contribution is 2.41. The third-order valence-electron chi connectivity index (χ3n) is 5.09. The molecule has 1 aliphatic rings. The highest BCUT2D eigenvalue weighted by Gasteiger charge is 2.27. The molecule has 1 fully saturated rings. The van der Waals surface area contributed by atoms with Crippen molar-refractivity contribution < 1.29 is 18.6 Å². The predicted octanol–water partition coefficient (Wildman–Crippen LogP) is 4.01. The van der Waals surface area contributed by atoms with E-state index in [1.165, 1.54) is 0 Å². The Morgan fingerprint density at radius 3 is 2.28 bits per heavy atom. The number of benzene rings is 2. The van der Waals surface area contributed by atoms with Crippen LogP contribution in [0.4, 0.5) is 4.39 Å². The number of piperazine rings is 1. The standard InChI is InChI=1S/C22H29FN2O3.ClH/c1-26-21-14-18(19(8-9-23)25-12-10-24-11-13-25)20(15-22(21)27-2)28-16-17-6-4-3-5-7-17;/h3-7,14-15,19,24H,8-13,16H2,1-2H3;1H/t19-;/m0./s1. The molecule has 7 heteroatoms. The first-order valence-corrected chi connectivity index (χ1v) is 9.70. The van der Waals surface area contributed by atoms with E-state index in [9.17, 15) is 4.39 Å². The fourth-order valence-electron chi connectivity index (χ4n) is 3.63. The third kappa shape index (κ3) is 5.98. The van der Waals surface area contributed by atoms with Crippen LogP contribution in [0.2, 0.25) is 0 Å². The van der Waals surface area contributed by atoms with Gasteiger partial charge in [0.1, 0.15) is 12.4 Å². The Hall–Kier alpha value is -2.02. The first-order chi connectivity index (χ1) is 13.8. The Kier molecular flexibility index (Phi) is 9.51. The van der Waals surface area contributed by atoms with Gasteiger partial charge in [-0.2, -0.15) is 0 Å². The number of nitrogens with one attached hydrogen (secondary N) is 1. The second-order valence-corrected chi connectivity index (χ2v) is 6.80. The lowest BCUT2D eigenvalue weighted by atomic mass is 9.99. The largest absolute Gasteiger partial charge is 0.493 e. The topological polar surface area (TPSA) is 43.0 Å². The summed E-state index contributed by atoms with van der Waals surface area (Å²) in [6.45, 7) is 3.59. The molecule has 2 aromatic carbocycles. The summed E-state index contributed by atoms with van der Waals surface area (Å²) in [5.74, 6) is 1.94. The van der Waals surface area contributed by atoms with Crippen molar-refractivity contribution in [1.29, 1.82) is 0 Å². The minimum absolute atomic E-state index is 0. The molecule has 0 amide bonds. The van der Waals surface area contributed by atoms with Crippen LogP contribution < -0.4 is 19.5 Å². The molecule has 1 heterocycles. The second kappa shape index (κ2) is 11.9. The zero-order valence-corrected chi connectivity index (χ0v) is 17.8. The number of hydrogen-bond donors (Lipinski definition) is 1. The Labute approximate surface area is 178 Å². The van der Waals surface area contributed by atoms with Gasteiger partial charge < -0.3 is 19.5 Å². The number of nitrogens with zero attached hydrogens (tertiary/aromatic N) is 1. The fraction of sp³-hybridized carbons (Fsp3) is 0.455. The first kappa shape index (κ1) is 23.3. The zero-order chi connectivity index (χ0) is 19.8. The maximum atomic E-state index is 13.5. The summed E-state index contributed by atoms with van der Waals surface area (Å²) >= 11 is 0. The Morgan fingerprint density at radius 2 is 1.66 bits per heavy atom. The van der Waals surface area contributed by atoms with Gasteiger partial charge in [-0.25, -0.2) is 0 Å². The van der Waals surface area contributed by atoms with E-state index in [1.807, 2.05) is 42.5 Å². The van der Waals surface area contributed by atoms with E-state index < -0.39 is 0 Å². The lowest BCUT2D eigenvalue weighted by Crippen LogP contribution is -2.45. The van der Waals surface area contributed by atoms with Gasteiger partial charge in [0.15, 0.2) is 11.5 Å². The molecule has 0 aliphatic carbocycles. The van der Waals surface area contributed by atoms with Crippen LogP contribution in [0.3, 0.4) is 0 Å². The van der Waals surface area contributed by atoms with Crippen LogP contribution >= 0.6 is 12.4 Å². The van der Waals surface area contributed by atoms with Crippen molar-refractivity contribution in [2.24, 2.45) is 0 Å². The Bertz CT molecular complexity index is 742. The van der Waals surface area contributed by atoms with E-state index in [4.69, 9.17) is 14.2 Å². The van der Waals surface area contributed by atoms with Gasteiger partial charge >= 0.3 is 0 Å². The maximum absolute atomic E-state index is 13.5. The minimum atomic E-state index is -0.388. The van der Waals surface area contributed by atoms with E-state index >= 15 is 0 Å². The van der Waals surface area contributed by atoms with Crippen LogP contribution in [0.25, 0.3) is 0 Å². The summed E-state index contributed by atoms with van der Waals surface area (Å²) in [5.41, 5.74) is 2.01. The Balaban J connectivity index is 0.00000300. The van der Waals surface area contributed by atoms with Crippen LogP contribution in [-0.4, -0.2) is 52.0 Å². The quantitative estimate of drug-likeness (QED) is 0.658. The number of rotatable bonds is 9. The molecular weight excluding hydrogens is 395 g/mol. The molecule has 3 rings (SSSR count). The number of alkyl halides is 1. The van der Waals surface area contributed by atoms with Crippen molar-refractivity contribution in [3.8, 4) is 17.2 Å². The van der Waals surface area contributed by atoms with Crippen LogP contribution in [0.1, 0.15) is 23.6 Å². The molecular formula is C22H30ClFN2O3. The number of methoxy groups -OCH3 is 2. The van der Waals surface area contributed by atoms with E-state index in [0.717, 1.165) is 37.3 Å². The van der Waals surface area contributed by atoms with E-state index in [-0.39, 0.29) is 25.1 Å². The van der Waals surface area contributed by atoms with Gasteiger partial charge in [0.25, 0.3) is 0 Å². The normalized spacial score (nSPS) is 15.3. The molecule has 0 bridgehead atoms. The zero-order valence-electron chi connectivity index (χ0n) is 17.0. The van der Waals surface area contributed by atoms with Gasteiger partial charge in [-0.3, -0.25) is 9.29 Å². The molecule has 0 radical (unpaired) electrons. The van der Waals surface area contributed by atoms with Gasteiger partial charge in [0.2, 0.25) is 0 Å². The van der Waals surface area contributed by atoms with Gasteiger partial charge in [0, 0.05) is 43.9 Å². The minimum Gasteiger partial charge on any atom is -0.493 e. The highest BCUT2D eigenvalue weighted by molar-refractivity contribution is 5.85. The average Bonchev–Trinajstić information content (AvgIpc) is 2.77. The second-order valence-electron chi connectivity index (χ2n) is 6.80. The molecule has 0 aromatic heterocycles. The van der Waals surface area contributed by atoms with Crippen molar-refractivity contribution in [2.45, 2.75) is 19.1 Å². The molecule has 5 nitrogen and oxygen atoms in total. The Morgan fingerprint density at radius 1 is 1.00 bits per heavy atom. The molecule has 29 heavy (non-hydrogen) atoms. The van der Waals surface area contributed by atoms with Crippen molar-refractivity contribution in [3.63, 3.8) is 0 Å². The monoisotopic (exact) mass is 424 g/mol. The lowest BCUT2D eigenvalue weighted by Gasteiger charge is -2.35. The van der Waals surface area contributed by atoms with E-state index in [2.05, 4.69) is 10.2 Å². The van der Waals surface area contributed by atoms with Crippen LogP contribution in [-0.2, 0) is 6.61 Å². The van der Waals surface area contributed by atoms with Crippen molar-refractivity contribution in [3.05, 3.63) is 53.6 Å². The fourth-order valence-corrected chi connectivity index (χ4v) is 3.63. The lowest BCUT2D eigenvalue weighted by molar-refractivity contribution is 0.152. The smallest absolute Gasteiger partial charge is 0.164 e. The summed E-state index contributed by atoms with van der Waals surface area (Å²) in [6.07, 6.45) is 0.414. The van der Waals surface area contributed by atoms with Crippen molar-refractivity contribution in [2.75, 3.05) is 47.1 Å². The van der Waals surface area contributed by atoms with E-state index in [0.29, 0.717) is 30.3 Å². The van der Waals surface area contributed by atoms with Gasteiger partial charge in [0.05, 0.1) is 20.9 Å². The number of ether oxygens (including phenoxy) is 3. The summed E-state index contributed by atoms with van der Waals surface area (Å²) < 4.78 is 30.6. The SMILES string of the molecule is COc1cc(OCc2ccccc2)c([C@H](CCF)N2CCNCC2)cc1OC.Cl. The molecule has 0 saturated carbocycles. The molecule has 1 N–H and O–H groups in total. The molecule has 1 aliphatic heterocycles. The van der Waals surface area contributed by atoms with Gasteiger partial charge in [-0.1, -0.05) is 30.3 Å². The van der Waals surface area contributed by atoms with Crippen LogP contribution in [0, 0.1) is 0 Å². The molecule has 0 spiro atoms. The number of halogens is 2. The molecule has 0 unspecified atom stereocenters. The highest BCUT2D eigenvalue weighted by atomic mass is 35.5. The van der Waals surface area contributed by atoms with Gasteiger partial charge in [-0.15, -0.1) is 12.4 Å². The average molecular weight is 425 g/mol. The third-order valence-corrected chi connectivity index (χ3v) is 5.09. The van der Waals surface area contributed by atoms with Crippen molar-refractivity contribution in [1.82, 2.24) is 10.2 Å². The van der Waals surface area contributed by atoms with Gasteiger partial charge in [-0.05, 0) is 18.1 Å². The predicted molar refractivity (Wildman–Crippen MR) is 115 cm³/mol. The summed E-state index contributed by atoms with van der Waals surface area (Å²) in [4.78, 5) is 2.31. The van der Waals surface area contributed by atoms with Crippen LogP contribution in [0.15, 0.2) is 42.5 Å². The van der Waals surface area contributed by atoms with Crippen LogP contribution in [0.5, 0.6) is 17.2 Å². The summed E-state index contributed by atoms with van der Waals surface area (Å²) in [5, 5.41) is 3.35. The van der Waals surface area contributed by atoms with Crippen molar-refractivity contribution >= 4 is 12.4 Å².